The summed E-state index contributed by atoms with van der Waals surface area (Å²) in [6, 6.07) is 31.0. The standard InChI is InChI=1S/C19H16N2O.C11H9NO.Be/c22-18-13-7-4-10-15(18)19-20-16-11-5-6-12-17(16)21(19)14-8-2-1-3-9-14;13-11-7-2-1-5-9(11)10-6-3-4-8-12-10;/h1-3,5-9,11-13,22H,4,10H2;1-8,13H;/q;;+2. The van der Waals surface area contributed by atoms with Gasteiger partial charge in [-0.25, -0.2) is 9.97 Å². The monoisotopic (exact) mass is 468 g/mol. The molecule has 2 aromatic heterocycles. The Morgan fingerprint density at radius 1 is 0.750 bits per heavy atom. The van der Waals surface area contributed by atoms with Gasteiger partial charge in [-0.2, -0.15) is 4.57 Å². The summed E-state index contributed by atoms with van der Waals surface area (Å²) in [5, 5.41) is 23.7. The van der Waals surface area contributed by atoms with Gasteiger partial charge >= 0.3 is 10.1 Å². The fourth-order valence-electron chi connectivity index (χ4n) is 4.26. The summed E-state index contributed by atoms with van der Waals surface area (Å²) in [7, 11) is 0. The molecule has 1 aliphatic carbocycles. The number of para-hydroxylation sites is 4. The second kappa shape index (κ2) is 11.3. The van der Waals surface area contributed by atoms with Crippen LogP contribution in [0.2, 0.25) is 0 Å². The summed E-state index contributed by atoms with van der Waals surface area (Å²) < 4.78 is 2.14. The quantitative estimate of drug-likeness (QED) is 0.378. The molecule has 0 radical (unpaired) electrons. The van der Waals surface area contributed by atoms with Crippen LogP contribution in [0.15, 0.2) is 121 Å². The minimum Gasteiger partial charge on any atom is -0.872 e. The summed E-state index contributed by atoms with van der Waals surface area (Å²) >= 11 is 0. The van der Waals surface area contributed by atoms with Crippen molar-refractivity contribution in [1.29, 1.82) is 0 Å². The van der Waals surface area contributed by atoms with E-state index in [4.69, 9.17) is 0 Å². The van der Waals surface area contributed by atoms with Gasteiger partial charge in [-0.3, -0.25) is 0 Å². The first-order valence-corrected chi connectivity index (χ1v) is 11.6. The molecule has 2 N–H and O–H groups in total. The van der Waals surface area contributed by atoms with Crippen LogP contribution in [-0.4, -0.2) is 14.7 Å². The Morgan fingerprint density at radius 2 is 1.47 bits per heavy atom. The zero-order valence-electron chi connectivity index (χ0n) is 19.9. The number of allylic oxidation sites excluding steroid dienone is 3. The fraction of sp³-hybridized carbons (Fsp3) is 0.0667. The van der Waals surface area contributed by atoms with Gasteiger partial charge in [-0.05, 0) is 49.2 Å². The molecule has 5 nitrogen and oxygen atoms in total. The van der Waals surface area contributed by atoms with Gasteiger partial charge < -0.3 is 10.2 Å². The third-order valence-electron chi connectivity index (χ3n) is 5.94. The van der Waals surface area contributed by atoms with Gasteiger partial charge in [-0.15, -0.1) is 0 Å². The van der Waals surface area contributed by atoms with Crippen molar-refractivity contribution in [1.82, 2.24) is 4.57 Å². The topological polar surface area (TPSA) is 79.3 Å². The number of aromatic nitrogens is 3. The van der Waals surface area contributed by atoms with Gasteiger partial charge in [0.25, 0.3) is 5.82 Å². The van der Waals surface area contributed by atoms with Crippen LogP contribution < -0.4 is 20.2 Å². The molecule has 172 valence electrons. The Morgan fingerprint density at radius 3 is 2.22 bits per heavy atom. The molecule has 3 aromatic carbocycles. The maximum absolute atomic E-state index is 12.3. The van der Waals surface area contributed by atoms with Crippen molar-refractivity contribution in [2.75, 3.05) is 0 Å². The first-order chi connectivity index (χ1) is 17.2. The van der Waals surface area contributed by atoms with Crippen LogP contribution in [0.5, 0.6) is 5.75 Å². The SMILES string of the molecule is [Be+2].[O-]C1=C(c2[nH+]c3ccccc3n2-c2ccccc2)CCC=C1.[O-]c1ccccc1-c1cccc[nH+]1. The number of hydrogen-bond donors (Lipinski definition) is 0. The number of H-pyrrole nitrogens is 2. The number of benzene rings is 3. The van der Waals surface area contributed by atoms with E-state index in [-0.39, 0.29) is 21.6 Å². The predicted molar refractivity (Wildman–Crippen MR) is 139 cm³/mol. The molecule has 0 fully saturated rings. The Hall–Kier alpha value is -4.47. The predicted octanol–water partition coefficient (Wildman–Crippen LogP) is 3.73. The zero-order valence-corrected chi connectivity index (χ0v) is 19.9. The molecule has 5 aromatic rings. The number of pyridine rings is 1. The third-order valence-corrected chi connectivity index (χ3v) is 5.94. The molecule has 0 amide bonds. The molecule has 0 aliphatic heterocycles. The van der Waals surface area contributed by atoms with Crippen LogP contribution in [0.25, 0.3) is 33.6 Å². The van der Waals surface area contributed by atoms with Crippen molar-refractivity contribution in [2.24, 2.45) is 0 Å². The summed E-state index contributed by atoms with van der Waals surface area (Å²) in [6.07, 6.45) is 7.11. The van der Waals surface area contributed by atoms with E-state index in [1.54, 1.807) is 18.2 Å². The summed E-state index contributed by atoms with van der Waals surface area (Å²) in [5.41, 5.74) is 5.60. The van der Waals surface area contributed by atoms with E-state index in [9.17, 15) is 10.2 Å². The number of hydrogen-bond acceptors (Lipinski definition) is 2. The number of rotatable bonds is 3. The van der Waals surface area contributed by atoms with Crippen LogP contribution in [0.1, 0.15) is 18.7 Å². The molecular formula is C30H25BeN3O2+2. The van der Waals surface area contributed by atoms with Crippen molar-refractivity contribution in [3.8, 4) is 22.7 Å². The number of fused-ring (bicyclic) bond motifs is 1. The van der Waals surface area contributed by atoms with E-state index < -0.39 is 0 Å². The molecule has 0 saturated heterocycles. The van der Waals surface area contributed by atoms with E-state index in [2.05, 4.69) is 32.7 Å². The smallest absolute Gasteiger partial charge is 0.872 e. The van der Waals surface area contributed by atoms with E-state index in [0.717, 1.165) is 46.7 Å². The molecule has 2 heterocycles. The number of nitrogens with zero attached hydrogens (tertiary/aromatic N) is 1. The van der Waals surface area contributed by atoms with Crippen LogP contribution in [-0.2, 0) is 0 Å². The second-order valence-corrected chi connectivity index (χ2v) is 8.22. The normalized spacial score (nSPS) is 12.6. The maximum atomic E-state index is 12.3. The number of aromatic amines is 2. The number of imidazole rings is 1. The van der Waals surface area contributed by atoms with Gasteiger partial charge in [0.2, 0.25) is 5.69 Å². The van der Waals surface area contributed by atoms with Gasteiger partial charge in [-0.1, -0.05) is 72.2 Å². The zero-order chi connectivity index (χ0) is 24.0. The molecule has 6 rings (SSSR count). The van der Waals surface area contributed by atoms with Crippen molar-refractivity contribution >= 4 is 26.7 Å². The Bertz CT molecular complexity index is 1510. The number of nitrogens with one attached hydrogen (secondary N) is 2. The first-order valence-electron chi connectivity index (χ1n) is 11.6. The summed E-state index contributed by atoms with van der Waals surface area (Å²) in [5.74, 6) is 1.04. The molecule has 0 unspecified atom stereocenters. The molecule has 0 bridgehead atoms. The van der Waals surface area contributed by atoms with E-state index in [1.165, 1.54) is 0 Å². The Balaban J connectivity index is 0.000000187. The van der Waals surface area contributed by atoms with Crippen molar-refractivity contribution in [2.45, 2.75) is 12.8 Å². The van der Waals surface area contributed by atoms with Crippen molar-refractivity contribution < 1.29 is 20.2 Å². The average Bonchev–Trinajstić information content (AvgIpc) is 3.30. The third kappa shape index (κ3) is 5.12. The average molecular weight is 469 g/mol. The van der Waals surface area contributed by atoms with E-state index >= 15 is 0 Å². The molecule has 0 saturated carbocycles. The first kappa shape index (κ1) is 24.6. The van der Waals surface area contributed by atoms with Gasteiger partial charge in [0.1, 0.15) is 5.69 Å². The van der Waals surface area contributed by atoms with E-state index in [1.807, 2.05) is 79.0 Å². The van der Waals surface area contributed by atoms with Gasteiger partial charge in [0.05, 0.1) is 0 Å². The second-order valence-electron chi connectivity index (χ2n) is 8.22. The largest absolute Gasteiger partial charge is 2.00 e. The van der Waals surface area contributed by atoms with Crippen molar-refractivity contribution in [3.05, 3.63) is 127 Å². The van der Waals surface area contributed by atoms with Crippen LogP contribution in [0, 0.1) is 0 Å². The van der Waals surface area contributed by atoms with Gasteiger partial charge in [0, 0.05) is 23.3 Å². The Kier molecular flexibility index (Phi) is 7.74. The molecule has 6 heteroatoms. The molecule has 1 aliphatic rings. The maximum Gasteiger partial charge on any atom is 2.00 e. The molecular weight excluding hydrogens is 443 g/mol. The van der Waals surface area contributed by atoms with Crippen LogP contribution in [0.4, 0.5) is 0 Å². The minimum absolute atomic E-state index is 0. The fourth-order valence-corrected chi connectivity index (χ4v) is 4.26. The molecule has 36 heavy (non-hydrogen) atoms. The minimum atomic E-state index is 0. The van der Waals surface area contributed by atoms with Crippen LogP contribution >= 0.6 is 0 Å². The van der Waals surface area contributed by atoms with Crippen LogP contribution in [0.3, 0.4) is 0 Å². The molecule has 0 atom stereocenters. The Labute approximate surface area is 214 Å². The summed E-state index contributed by atoms with van der Waals surface area (Å²) in [4.78, 5) is 6.46. The molecule has 0 spiro atoms. The van der Waals surface area contributed by atoms with Gasteiger partial charge in [0.15, 0.2) is 17.2 Å². The van der Waals surface area contributed by atoms with E-state index in [0.29, 0.717) is 5.56 Å². The van der Waals surface area contributed by atoms with Crippen molar-refractivity contribution in [3.63, 3.8) is 0 Å². The summed E-state index contributed by atoms with van der Waals surface area (Å²) in [6.45, 7) is 0.